The predicted molar refractivity (Wildman–Crippen MR) is 65.6 cm³/mol. The lowest BCUT2D eigenvalue weighted by molar-refractivity contribution is 0.669. The number of furan rings is 1. The monoisotopic (exact) mass is 207 g/mol. The minimum Gasteiger partial charge on any atom is -0.456 e. The van der Waals surface area contributed by atoms with Gasteiger partial charge in [0.05, 0.1) is 0 Å². The second-order valence-electron chi connectivity index (χ2n) is 4.01. The summed E-state index contributed by atoms with van der Waals surface area (Å²) in [4.78, 5) is 3.22. The van der Waals surface area contributed by atoms with Crippen LogP contribution in [-0.4, -0.2) is 4.98 Å². The van der Waals surface area contributed by atoms with Crippen LogP contribution in [0.2, 0.25) is 0 Å². The van der Waals surface area contributed by atoms with Gasteiger partial charge in [-0.2, -0.15) is 0 Å². The number of hydrogen-bond acceptors (Lipinski definition) is 1. The van der Waals surface area contributed by atoms with Gasteiger partial charge in [-0.15, -0.1) is 0 Å². The minimum absolute atomic E-state index is 0.949. The normalized spacial score (nSPS) is 11.8. The fraction of sp³-hybridized carbons (Fsp3) is 0. The standard InChI is InChI=1S/C14H9NO/c1-2-4-13-10(3-1)11-8-12-9(5-6-15-12)7-14(11)16-13/h1-8,15H. The van der Waals surface area contributed by atoms with Gasteiger partial charge in [0.25, 0.3) is 0 Å². The molecule has 0 aliphatic heterocycles. The third-order valence-electron chi connectivity index (χ3n) is 3.05. The second kappa shape index (κ2) is 2.67. The van der Waals surface area contributed by atoms with Crippen molar-refractivity contribution in [2.45, 2.75) is 0 Å². The van der Waals surface area contributed by atoms with Crippen molar-refractivity contribution >= 4 is 32.8 Å². The molecule has 16 heavy (non-hydrogen) atoms. The number of benzene rings is 2. The van der Waals surface area contributed by atoms with E-state index in [1.807, 2.05) is 24.4 Å². The Bertz CT molecular complexity index is 807. The van der Waals surface area contributed by atoms with Crippen molar-refractivity contribution < 1.29 is 4.42 Å². The van der Waals surface area contributed by atoms with Crippen molar-refractivity contribution in [1.82, 2.24) is 4.98 Å². The molecule has 76 valence electrons. The Morgan fingerprint density at radius 2 is 1.81 bits per heavy atom. The number of hydrogen-bond donors (Lipinski definition) is 1. The fourth-order valence-corrected chi connectivity index (χ4v) is 2.27. The van der Waals surface area contributed by atoms with Crippen molar-refractivity contribution in [3.63, 3.8) is 0 Å². The van der Waals surface area contributed by atoms with E-state index in [1.54, 1.807) is 0 Å². The lowest BCUT2D eigenvalue weighted by atomic mass is 10.1. The zero-order valence-electron chi connectivity index (χ0n) is 8.53. The maximum atomic E-state index is 5.82. The topological polar surface area (TPSA) is 28.9 Å². The van der Waals surface area contributed by atoms with E-state index >= 15 is 0 Å². The van der Waals surface area contributed by atoms with Crippen LogP contribution in [0.1, 0.15) is 0 Å². The van der Waals surface area contributed by atoms with E-state index in [0.717, 1.165) is 16.7 Å². The quantitative estimate of drug-likeness (QED) is 0.462. The van der Waals surface area contributed by atoms with Gasteiger partial charge >= 0.3 is 0 Å². The summed E-state index contributed by atoms with van der Waals surface area (Å²) in [7, 11) is 0. The van der Waals surface area contributed by atoms with Crippen LogP contribution < -0.4 is 0 Å². The van der Waals surface area contributed by atoms with Gasteiger partial charge in [0, 0.05) is 27.9 Å². The molecule has 2 aromatic heterocycles. The van der Waals surface area contributed by atoms with Gasteiger partial charge < -0.3 is 9.40 Å². The highest BCUT2D eigenvalue weighted by atomic mass is 16.3. The first-order valence-electron chi connectivity index (χ1n) is 5.30. The average molecular weight is 207 g/mol. The Labute approximate surface area is 91.5 Å². The SMILES string of the molecule is c1ccc2c(c1)oc1cc3cc[nH]c3cc12. The summed E-state index contributed by atoms with van der Waals surface area (Å²) >= 11 is 0. The molecule has 2 heteroatoms. The highest BCUT2D eigenvalue weighted by molar-refractivity contribution is 6.09. The number of fused-ring (bicyclic) bond motifs is 4. The van der Waals surface area contributed by atoms with E-state index in [2.05, 4.69) is 29.2 Å². The van der Waals surface area contributed by atoms with Crippen LogP contribution in [0.25, 0.3) is 32.8 Å². The molecule has 0 aliphatic rings. The smallest absolute Gasteiger partial charge is 0.136 e. The first kappa shape index (κ1) is 7.99. The van der Waals surface area contributed by atoms with Gasteiger partial charge in [0.15, 0.2) is 0 Å². The Morgan fingerprint density at radius 1 is 0.875 bits per heavy atom. The average Bonchev–Trinajstić information content (AvgIpc) is 2.88. The lowest BCUT2D eigenvalue weighted by Gasteiger charge is -1.90. The van der Waals surface area contributed by atoms with Crippen LogP contribution in [0, 0.1) is 0 Å². The molecule has 0 saturated heterocycles. The zero-order valence-corrected chi connectivity index (χ0v) is 8.53. The molecule has 1 N–H and O–H groups in total. The molecule has 0 aliphatic carbocycles. The Kier molecular flexibility index (Phi) is 1.33. The molecule has 0 radical (unpaired) electrons. The van der Waals surface area contributed by atoms with E-state index in [-0.39, 0.29) is 0 Å². The highest BCUT2D eigenvalue weighted by Crippen LogP contribution is 2.31. The van der Waals surface area contributed by atoms with Crippen LogP contribution in [0.3, 0.4) is 0 Å². The third-order valence-corrected chi connectivity index (χ3v) is 3.05. The Morgan fingerprint density at radius 3 is 2.81 bits per heavy atom. The molecule has 2 aromatic carbocycles. The molecule has 0 spiro atoms. The molecule has 0 atom stereocenters. The maximum Gasteiger partial charge on any atom is 0.136 e. The van der Waals surface area contributed by atoms with Crippen molar-refractivity contribution in [3.05, 3.63) is 48.7 Å². The molecule has 0 unspecified atom stereocenters. The summed E-state index contributed by atoms with van der Waals surface area (Å²) in [6.45, 7) is 0. The zero-order chi connectivity index (χ0) is 10.5. The van der Waals surface area contributed by atoms with Crippen LogP contribution in [-0.2, 0) is 0 Å². The Hall–Kier alpha value is -2.22. The van der Waals surface area contributed by atoms with E-state index in [4.69, 9.17) is 4.42 Å². The second-order valence-corrected chi connectivity index (χ2v) is 4.01. The van der Waals surface area contributed by atoms with Crippen LogP contribution >= 0.6 is 0 Å². The molecular weight excluding hydrogens is 198 g/mol. The molecule has 0 saturated carbocycles. The van der Waals surface area contributed by atoms with Crippen molar-refractivity contribution in [3.8, 4) is 0 Å². The van der Waals surface area contributed by atoms with Crippen LogP contribution in [0.4, 0.5) is 0 Å². The highest BCUT2D eigenvalue weighted by Gasteiger charge is 2.07. The van der Waals surface area contributed by atoms with Crippen LogP contribution in [0.15, 0.2) is 53.1 Å². The molecule has 4 rings (SSSR count). The minimum atomic E-state index is 0.949. The van der Waals surface area contributed by atoms with Crippen molar-refractivity contribution in [1.29, 1.82) is 0 Å². The van der Waals surface area contributed by atoms with Gasteiger partial charge in [-0.1, -0.05) is 18.2 Å². The number of aromatic nitrogens is 1. The summed E-state index contributed by atoms with van der Waals surface area (Å²) in [5.74, 6) is 0. The molecule has 2 heterocycles. The first-order chi connectivity index (χ1) is 7.92. The summed E-state index contributed by atoms with van der Waals surface area (Å²) in [5.41, 5.74) is 3.05. The largest absolute Gasteiger partial charge is 0.456 e. The predicted octanol–water partition coefficient (Wildman–Crippen LogP) is 4.07. The third kappa shape index (κ3) is 0.910. The molecule has 0 bridgehead atoms. The molecule has 4 aromatic rings. The van der Waals surface area contributed by atoms with Crippen molar-refractivity contribution in [2.75, 3.05) is 0 Å². The van der Waals surface area contributed by atoms with E-state index in [0.29, 0.717) is 0 Å². The van der Waals surface area contributed by atoms with Gasteiger partial charge in [-0.25, -0.2) is 0 Å². The summed E-state index contributed by atoms with van der Waals surface area (Å²) < 4.78 is 5.82. The first-order valence-corrected chi connectivity index (χ1v) is 5.30. The summed E-state index contributed by atoms with van der Waals surface area (Å²) in [6.07, 6.45) is 1.95. The lowest BCUT2D eigenvalue weighted by Crippen LogP contribution is -1.68. The number of H-pyrrole nitrogens is 1. The van der Waals surface area contributed by atoms with E-state index in [9.17, 15) is 0 Å². The van der Waals surface area contributed by atoms with E-state index < -0.39 is 0 Å². The van der Waals surface area contributed by atoms with Gasteiger partial charge in [-0.3, -0.25) is 0 Å². The number of para-hydroxylation sites is 1. The van der Waals surface area contributed by atoms with Gasteiger partial charge in [0.2, 0.25) is 0 Å². The molecular formula is C14H9NO. The number of rotatable bonds is 0. The van der Waals surface area contributed by atoms with Crippen LogP contribution in [0.5, 0.6) is 0 Å². The van der Waals surface area contributed by atoms with Crippen molar-refractivity contribution in [2.24, 2.45) is 0 Å². The number of nitrogens with one attached hydrogen (secondary N) is 1. The van der Waals surface area contributed by atoms with Gasteiger partial charge in [0.1, 0.15) is 11.2 Å². The molecule has 0 amide bonds. The number of aromatic amines is 1. The molecule has 2 nitrogen and oxygen atoms in total. The summed E-state index contributed by atoms with van der Waals surface area (Å²) in [6, 6.07) is 14.4. The van der Waals surface area contributed by atoms with Gasteiger partial charge in [-0.05, 0) is 24.3 Å². The Balaban J connectivity index is 2.32. The maximum absolute atomic E-state index is 5.82. The van der Waals surface area contributed by atoms with E-state index in [1.165, 1.54) is 16.2 Å². The molecule has 0 fully saturated rings. The fourth-order valence-electron chi connectivity index (χ4n) is 2.27. The summed E-state index contributed by atoms with van der Waals surface area (Å²) in [5, 5.41) is 3.53.